The first-order valence-corrected chi connectivity index (χ1v) is 4.53. The lowest BCUT2D eigenvalue weighted by atomic mass is 10.2. The third-order valence-electron chi connectivity index (χ3n) is 2.23. The highest BCUT2D eigenvalue weighted by Crippen LogP contribution is 2.32. The summed E-state index contributed by atoms with van der Waals surface area (Å²) in [5, 5.41) is 3.30. The second kappa shape index (κ2) is 3.62. The number of anilines is 1. The Bertz CT molecular complexity index is 349. The van der Waals surface area contributed by atoms with Crippen LogP contribution in [0.3, 0.4) is 0 Å². The molecule has 1 unspecified atom stereocenters. The largest absolute Gasteiger partial charge is 0.497 e. The van der Waals surface area contributed by atoms with Gasteiger partial charge in [-0.1, -0.05) is 6.08 Å². The van der Waals surface area contributed by atoms with Gasteiger partial charge in [-0.25, -0.2) is 0 Å². The van der Waals surface area contributed by atoms with Gasteiger partial charge in [-0.05, 0) is 12.1 Å². The van der Waals surface area contributed by atoms with Crippen molar-refractivity contribution in [3.8, 4) is 11.5 Å². The molecule has 0 aliphatic carbocycles. The molecule has 1 N–H and O–H groups in total. The van der Waals surface area contributed by atoms with E-state index in [0.717, 1.165) is 17.2 Å². The molecule has 3 heteroatoms. The Labute approximate surface area is 83.3 Å². The number of hydrogen-bond donors (Lipinski definition) is 1. The van der Waals surface area contributed by atoms with Gasteiger partial charge in [0, 0.05) is 6.07 Å². The Kier molecular flexibility index (Phi) is 2.31. The van der Waals surface area contributed by atoms with E-state index >= 15 is 0 Å². The Balaban J connectivity index is 2.29. The number of benzene rings is 1. The molecule has 1 atom stereocenters. The van der Waals surface area contributed by atoms with E-state index in [9.17, 15) is 0 Å². The first kappa shape index (κ1) is 8.94. The minimum Gasteiger partial charge on any atom is -0.497 e. The molecule has 0 fully saturated rings. The van der Waals surface area contributed by atoms with E-state index in [-0.39, 0.29) is 6.04 Å². The molecule has 1 aromatic carbocycles. The molecule has 0 radical (unpaired) electrons. The van der Waals surface area contributed by atoms with Crippen molar-refractivity contribution in [2.45, 2.75) is 6.04 Å². The van der Waals surface area contributed by atoms with Crippen LogP contribution in [-0.2, 0) is 0 Å². The van der Waals surface area contributed by atoms with Gasteiger partial charge >= 0.3 is 0 Å². The van der Waals surface area contributed by atoms with E-state index in [1.165, 1.54) is 0 Å². The normalized spacial score (nSPS) is 18.8. The lowest BCUT2D eigenvalue weighted by molar-refractivity contribution is 0.301. The molecule has 0 saturated carbocycles. The molecule has 1 aliphatic rings. The number of methoxy groups -OCH3 is 1. The molecule has 1 heterocycles. The molecule has 1 aromatic rings. The molecule has 2 rings (SSSR count). The standard InChI is InChI=1S/C11H13NO2/c1-3-8-7-14-11-5-4-9(13-2)6-10(11)12-8/h3-6,8,12H,1,7H2,2H3. The zero-order chi connectivity index (χ0) is 9.97. The average Bonchev–Trinajstić information content (AvgIpc) is 2.27. The summed E-state index contributed by atoms with van der Waals surface area (Å²) in [6.07, 6.45) is 1.84. The topological polar surface area (TPSA) is 30.5 Å². The molecule has 0 aromatic heterocycles. The van der Waals surface area contributed by atoms with Crippen LogP contribution < -0.4 is 14.8 Å². The highest BCUT2D eigenvalue weighted by atomic mass is 16.5. The lowest BCUT2D eigenvalue weighted by Gasteiger charge is -2.25. The number of nitrogens with one attached hydrogen (secondary N) is 1. The van der Waals surface area contributed by atoms with Crippen molar-refractivity contribution in [3.05, 3.63) is 30.9 Å². The number of ether oxygens (including phenoxy) is 2. The third kappa shape index (κ3) is 1.53. The summed E-state index contributed by atoms with van der Waals surface area (Å²) in [5.41, 5.74) is 0.959. The smallest absolute Gasteiger partial charge is 0.142 e. The minimum absolute atomic E-state index is 0.176. The highest BCUT2D eigenvalue weighted by Gasteiger charge is 2.16. The first-order chi connectivity index (χ1) is 6.83. The summed E-state index contributed by atoms with van der Waals surface area (Å²) in [5.74, 6) is 1.69. The van der Waals surface area contributed by atoms with E-state index in [1.54, 1.807) is 7.11 Å². The maximum atomic E-state index is 5.54. The van der Waals surface area contributed by atoms with Crippen molar-refractivity contribution >= 4 is 5.69 Å². The predicted octanol–water partition coefficient (Wildman–Crippen LogP) is 2.05. The monoisotopic (exact) mass is 191 g/mol. The van der Waals surface area contributed by atoms with Gasteiger partial charge in [0.25, 0.3) is 0 Å². The van der Waals surface area contributed by atoms with Gasteiger partial charge in [-0.15, -0.1) is 6.58 Å². The van der Waals surface area contributed by atoms with Crippen LogP contribution in [-0.4, -0.2) is 19.8 Å². The summed E-state index contributed by atoms with van der Waals surface area (Å²) in [7, 11) is 1.65. The minimum atomic E-state index is 0.176. The van der Waals surface area contributed by atoms with Gasteiger partial charge < -0.3 is 14.8 Å². The third-order valence-corrected chi connectivity index (χ3v) is 2.23. The van der Waals surface area contributed by atoms with Crippen molar-refractivity contribution in [1.82, 2.24) is 0 Å². The Morgan fingerprint density at radius 2 is 2.50 bits per heavy atom. The summed E-state index contributed by atoms with van der Waals surface area (Å²) in [4.78, 5) is 0. The van der Waals surface area contributed by atoms with Gasteiger partial charge in [0.05, 0.1) is 18.8 Å². The van der Waals surface area contributed by atoms with Crippen LogP contribution in [0.5, 0.6) is 11.5 Å². The van der Waals surface area contributed by atoms with Crippen LogP contribution in [0.25, 0.3) is 0 Å². The molecule has 1 aliphatic heterocycles. The van der Waals surface area contributed by atoms with Crippen molar-refractivity contribution in [3.63, 3.8) is 0 Å². The van der Waals surface area contributed by atoms with Gasteiger partial charge in [-0.2, -0.15) is 0 Å². The van der Waals surface area contributed by atoms with E-state index < -0.39 is 0 Å². The summed E-state index contributed by atoms with van der Waals surface area (Å²) in [6, 6.07) is 5.88. The summed E-state index contributed by atoms with van der Waals surface area (Å²) < 4.78 is 10.7. The van der Waals surface area contributed by atoms with E-state index in [2.05, 4.69) is 11.9 Å². The van der Waals surface area contributed by atoms with Crippen LogP contribution in [0.4, 0.5) is 5.69 Å². The molecule has 0 bridgehead atoms. The van der Waals surface area contributed by atoms with Crippen molar-refractivity contribution in [2.75, 3.05) is 19.0 Å². The molecular formula is C11H13NO2. The predicted molar refractivity (Wildman–Crippen MR) is 56.1 cm³/mol. The van der Waals surface area contributed by atoms with Gasteiger partial charge in [0.2, 0.25) is 0 Å². The fourth-order valence-electron chi connectivity index (χ4n) is 1.42. The molecule has 3 nitrogen and oxygen atoms in total. The van der Waals surface area contributed by atoms with Crippen LogP contribution in [0.2, 0.25) is 0 Å². The van der Waals surface area contributed by atoms with Gasteiger partial charge in [0.1, 0.15) is 18.1 Å². The Morgan fingerprint density at radius 3 is 3.21 bits per heavy atom. The molecule has 14 heavy (non-hydrogen) atoms. The first-order valence-electron chi connectivity index (χ1n) is 4.53. The van der Waals surface area contributed by atoms with Crippen LogP contribution in [0.1, 0.15) is 0 Å². The maximum Gasteiger partial charge on any atom is 0.142 e. The van der Waals surface area contributed by atoms with Crippen molar-refractivity contribution < 1.29 is 9.47 Å². The quantitative estimate of drug-likeness (QED) is 0.726. The SMILES string of the molecule is C=CC1COc2ccc(OC)cc2N1. The number of fused-ring (bicyclic) bond motifs is 1. The lowest BCUT2D eigenvalue weighted by Crippen LogP contribution is -2.29. The Morgan fingerprint density at radius 1 is 1.64 bits per heavy atom. The molecule has 0 amide bonds. The second-order valence-electron chi connectivity index (χ2n) is 3.16. The molecular weight excluding hydrogens is 178 g/mol. The zero-order valence-electron chi connectivity index (χ0n) is 8.12. The number of rotatable bonds is 2. The fraction of sp³-hybridized carbons (Fsp3) is 0.273. The van der Waals surface area contributed by atoms with Gasteiger partial charge in [-0.3, -0.25) is 0 Å². The van der Waals surface area contributed by atoms with Crippen molar-refractivity contribution in [1.29, 1.82) is 0 Å². The summed E-state index contributed by atoms with van der Waals surface area (Å²) >= 11 is 0. The maximum absolute atomic E-state index is 5.54. The number of hydrogen-bond acceptors (Lipinski definition) is 3. The van der Waals surface area contributed by atoms with Crippen LogP contribution in [0, 0.1) is 0 Å². The average molecular weight is 191 g/mol. The Hall–Kier alpha value is -1.64. The van der Waals surface area contributed by atoms with Crippen LogP contribution in [0.15, 0.2) is 30.9 Å². The molecule has 0 saturated heterocycles. The van der Waals surface area contributed by atoms with E-state index in [4.69, 9.17) is 9.47 Å². The van der Waals surface area contributed by atoms with Crippen molar-refractivity contribution in [2.24, 2.45) is 0 Å². The zero-order valence-corrected chi connectivity index (χ0v) is 8.12. The summed E-state index contributed by atoms with van der Waals surface area (Å²) in [6.45, 7) is 4.35. The van der Waals surface area contributed by atoms with Gasteiger partial charge in [0.15, 0.2) is 0 Å². The fourth-order valence-corrected chi connectivity index (χ4v) is 1.42. The van der Waals surface area contributed by atoms with Crippen LogP contribution >= 0.6 is 0 Å². The highest BCUT2D eigenvalue weighted by molar-refractivity contribution is 5.61. The second-order valence-corrected chi connectivity index (χ2v) is 3.16. The molecule has 0 spiro atoms. The van der Waals surface area contributed by atoms with E-state index in [1.807, 2.05) is 24.3 Å². The van der Waals surface area contributed by atoms with E-state index in [0.29, 0.717) is 6.61 Å². The molecule has 74 valence electrons.